The maximum Gasteiger partial charge on any atom is 0.0637 e. The summed E-state index contributed by atoms with van der Waals surface area (Å²) < 4.78 is 22.3. The van der Waals surface area contributed by atoms with Crippen molar-refractivity contribution in [3.8, 4) is 0 Å². The van der Waals surface area contributed by atoms with Gasteiger partial charge in [-0.25, -0.2) is 0 Å². The Bertz CT molecular complexity index is 177. The van der Waals surface area contributed by atoms with Crippen molar-refractivity contribution >= 4 is 0 Å². The van der Waals surface area contributed by atoms with Crippen LogP contribution >= 0.6 is 0 Å². The van der Waals surface area contributed by atoms with E-state index in [0.717, 1.165) is 0 Å². The van der Waals surface area contributed by atoms with E-state index in [-0.39, 0.29) is 0 Å². The molecule has 0 bridgehead atoms. The Morgan fingerprint density at radius 3 is 0.905 bits per heavy atom. The number of nitrogens with two attached hydrogens (primary N) is 4. The van der Waals surface area contributed by atoms with Crippen molar-refractivity contribution < 1.29 is 18.9 Å². The zero-order valence-corrected chi connectivity index (χ0v) is 12.9. The minimum Gasteiger partial charge on any atom is -0.379 e. The summed E-state index contributed by atoms with van der Waals surface area (Å²) in [4.78, 5) is 0. The van der Waals surface area contributed by atoms with Crippen LogP contribution in [-0.4, -0.2) is 79.0 Å². The van der Waals surface area contributed by atoms with E-state index in [4.69, 9.17) is 41.9 Å². The molecule has 0 spiro atoms. The molecular weight excluding hydrogens is 276 g/mol. The lowest BCUT2D eigenvalue weighted by atomic mass is 9.92. The van der Waals surface area contributed by atoms with Crippen molar-refractivity contribution in [2.45, 2.75) is 0 Å². The summed E-state index contributed by atoms with van der Waals surface area (Å²) in [5.41, 5.74) is 21.4. The van der Waals surface area contributed by atoms with Gasteiger partial charge in [-0.2, -0.15) is 0 Å². The summed E-state index contributed by atoms with van der Waals surface area (Å²) in [5.74, 6) is 0. The topological polar surface area (TPSA) is 141 Å². The van der Waals surface area contributed by atoms with E-state index in [9.17, 15) is 0 Å². The van der Waals surface area contributed by atoms with E-state index in [1.165, 1.54) is 0 Å². The second-order valence-electron chi connectivity index (χ2n) is 4.87. The minimum atomic E-state index is -0.408. The molecule has 0 amide bonds. The second kappa shape index (κ2) is 14.6. The molecule has 128 valence electrons. The van der Waals surface area contributed by atoms with Crippen LogP contribution in [0, 0.1) is 5.41 Å². The molecule has 0 saturated carbocycles. The Balaban J connectivity index is 4.52. The van der Waals surface area contributed by atoms with Gasteiger partial charge in [0, 0.05) is 26.2 Å². The van der Waals surface area contributed by atoms with Gasteiger partial charge in [0.05, 0.1) is 58.3 Å². The summed E-state index contributed by atoms with van der Waals surface area (Å²) in [6.45, 7) is 5.51. The number of ether oxygens (including phenoxy) is 4. The first-order valence-electron chi connectivity index (χ1n) is 7.36. The van der Waals surface area contributed by atoms with Gasteiger partial charge in [-0.05, 0) is 0 Å². The fourth-order valence-corrected chi connectivity index (χ4v) is 1.74. The van der Waals surface area contributed by atoms with Crippen molar-refractivity contribution in [3.63, 3.8) is 0 Å². The normalized spacial score (nSPS) is 12.0. The highest BCUT2D eigenvalue weighted by molar-refractivity contribution is 4.79. The second-order valence-corrected chi connectivity index (χ2v) is 4.87. The van der Waals surface area contributed by atoms with E-state index < -0.39 is 5.41 Å². The highest BCUT2D eigenvalue weighted by Crippen LogP contribution is 2.20. The zero-order valence-electron chi connectivity index (χ0n) is 12.9. The molecule has 0 aliphatic carbocycles. The summed E-state index contributed by atoms with van der Waals surface area (Å²) >= 11 is 0. The van der Waals surface area contributed by atoms with Gasteiger partial charge < -0.3 is 41.9 Å². The van der Waals surface area contributed by atoms with Crippen LogP contribution in [-0.2, 0) is 18.9 Å². The van der Waals surface area contributed by atoms with Gasteiger partial charge in [-0.15, -0.1) is 0 Å². The van der Waals surface area contributed by atoms with E-state index in [1.807, 2.05) is 0 Å². The average Bonchev–Trinajstić information content (AvgIpc) is 2.48. The molecule has 8 heteroatoms. The molecule has 0 saturated heterocycles. The fourth-order valence-electron chi connectivity index (χ4n) is 1.74. The number of rotatable bonds is 16. The largest absolute Gasteiger partial charge is 0.379 e. The Morgan fingerprint density at radius 2 is 0.714 bits per heavy atom. The molecule has 8 N–H and O–H groups in total. The number of hydrogen-bond donors (Lipinski definition) is 4. The summed E-state index contributed by atoms with van der Waals surface area (Å²) in [6, 6.07) is 0. The van der Waals surface area contributed by atoms with E-state index in [1.54, 1.807) is 0 Å². The quantitative estimate of drug-likeness (QED) is 0.237. The maximum absolute atomic E-state index is 5.58. The zero-order chi connectivity index (χ0) is 15.8. The fraction of sp³-hybridized carbons (Fsp3) is 1.00. The molecule has 0 rings (SSSR count). The standard InChI is InChI=1S/C13H32N4O4/c14-1-5-18-9-13(10-19-6-2-15,11-20-7-3-16)12-21-8-4-17/h1-12,14-17H2. The molecule has 0 atom stereocenters. The monoisotopic (exact) mass is 308 g/mol. The Kier molecular flexibility index (Phi) is 14.4. The summed E-state index contributed by atoms with van der Waals surface area (Å²) in [7, 11) is 0. The highest BCUT2D eigenvalue weighted by atomic mass is 16.5. The molecular formula is C13H32N4O4. The van der Waals surface area contributed by atoms with Gasteiger partial charge in [0.2, 0.25) is 0 Å². The number of hydrogen-bond acceptors (Lipinski definition) is 8. The molecule has 0 aromatic rings. The Morgan fingerprint density at radius 1 is 0.476 bits per heavy atom. The van der Waals surface area contributed by atoms with E-state index >= 15 is 0 Å². The third-order valence-electron chi connectivity index (χ3n) is 2.68. The molecule has 0 unspecified atom stereocenters. The van der Waals surface area contributed by atoms with Crippen LogP contribution in [0.25, 0.3) is 0 Å². The van der Waals surface area contributed by atoms with Crippen molar-refractivity contribution in [1.82, 2.24) is 0 Å². The lowest BCUT2D eigenvalue weighted by Crippen LogP contribution is -2.43. The molecule has 0 radical (unpaired) electrons. The van der Waals surface area contributed by atoms with Gasteiger partial charge in [-0.3, -0.25) is 0 Å². The van der Waals surface area contributed by atoms with Crippen LogP contribution in [0.3, 0.4) is 0 Å². The maximum atomic E-state index is 5.58. The summed E-state index contributed by atoms with van der Waals surface area (Å²) in [6.07, 6.45) is 0. The Labute approximate surface area is 127 Å². The molecule has 0 aliphatic heterocycles. The minimum absolute atomic E-state index is 0.408. The first-order valence-corrected chi connectivity index (χ1v) is 7.36. The molecule has 0 aliphatic rings. The van der Waals surface area contributed by atoms with Gasteiger partial charge in [-0.1, -0.05) is 0 Å². The van der Waals surface area contributed by atoms with E-state index in [0.29, 0.717) is 79.0 Å². The van der Waals surface area contributed by atoms with Crippen molar-refractivity contribution in [3.05, 3.63) is 0 Å². The van der Waals surface area contributed by atoms with Crippen LogP contribution < -0.4 is 22.9 Å². The molecule has 0 aromatic carbocycles. The third kappa shape index (κ3) is 11.0. The van der Waals surface area contributed by atoms with Crippen molar-refractivity contribution in [2.24, 2.45) is 28.3 Å². The average molecular weight is 308 g/mol. The predicted octanol–water partition coefficient (Wildman–Crippen LogP) is -2.13. The molecule has 8 nitrogen and oxygen atoms in total. The van der Waals surface area contributed by atoms with Crippen LogP contribution in [0.15, 0.2) is 0 Å². The van der Waals surface area contributed by atoms with Gasteiger partial charge in [0.1, 0.15) is 0 Å². The van der Waals surface area contributed by atoms with E-state index in [2.05, 4.69) is 0 Å². The lowest BCUT2D eigenvalue weighted by molar-refractivity contribution is -0.103. The van der Waals surface area contributed by atoms with Crippen LogP contribution in [0.4, 0.5) is 0 Å². The molecule has 0 heterocycles. The van der Waals surface area contributed by atoms with Crippen LogP contribution in [0.5, 0.6) is 0 Å². The molecule has 0 aromatic heterocycles. The SMILES string of the molecule is NCCOCC(COCCN)(COCCN)COCCN. The Hall–Kier alpha value is -0.320. The lowest BCUT2D eigenvalue weighted by Gasteiger charge is -2.33. The predicted molar refractivity (Wildman–Crippen MR) is 81.9 cm³/mol. The van der Waals surface area contributed by atoms with Crippen LogP contribution in [0.1, 0.15) is 0 Å². The van der Waals surface area contributed by atoms with Crippen molar-refractivity contribution in [2.75, 3.05) is 79.0 Å². The van der Waals surface area contributed by atoms with Crippen molar-refractivity contribution in [1.29, 1.82) is 0 Å². The van der Waals surface area contributed by atoms with Gasteiger partial charge in [0.25, 0.3) is 0 Å². The van der Waals surface area contributed by atoms with Crippen LogP contribution in [0.2, 0.25) is 0 Å². The molecule has 21 heavy (non-hydrogen) atoms. The highest BCUT2D eigenvalue weighted by Gasteiger charge is 2.32. The van der Waals surface area contributed by atoms with Gasteiger partial charge >= 0.3 is 0 Å². The summed E-state index contributed by atoms with van der Waals surface area (Å²) in [5, 5.41) is 0. The first-order chi connectivity index (χ1) is 10.2. The third-order valence-corrected chi connectivity index (χ3v) is 2.68. The first kappa shape index (κ1) is 20.7. The smallest absolute Gasteiger partial charge is 0.0637 e. The molecule has 0 fully saturated rings. The van der Waals surface area contributed by atoms with Gasteiger partial charge in [0.15, 0.2) is 0 Å².